The Morgan fingerprint density at radius 1 is 1.07 bits per heavy atom. The van der Waals surface area contributed by atoms with Crippen molar-refractivity contribution >= 4 is 5.82 Å². The number of benzene rings is 1. The third-order valence-corrected chi connectivity index (χ3v) is 3.97. The monoisotopic (exact) mass is 420 g/mol. The van der Waals surface area contributed by atoms with Crippen LogP contribution in [0.1, 0.15) is 17.0 Å². The van der Waals surface area contributed by atoms with E-state index in [4.69, 9.17) is 0 Å². The molecule has 0 bridgehead atoms. The van der Waals surface area contributed by atoms with Crippen molar-refractivity contribution in [2.45, 2.75) is 18.9 Å². The minimum atomic E-state index is -4.99. The first kappa shape index (κ1) is 20.3. The molecule has 0 aliphatic heterocycles. The molecule has 0 fully saturated rings. The Morgan fingerprint density at radius 3 is 2.14 bits per heavy atom. The molecule has 3 aromatic rings. The van der Waals surface area contributed by atoms with E-state index in [1.165, 1.54) is 7.05 Å². The zero-order valence-corrected chi connectivity index (χ0v) is 14.4. The van der Waals surface area contributed by atoms with Gasteiger partial charge >= 0.3 is 18.2 Å². The predicted molar refractivity (Wildman–Crippen MR) is 84.4 cm³/mol. The van der Waals surface area contributed by atoms with E-state index in [1.54, 1.807) is 0 Å². The topological polar surface area (TPSA) is 91.7 Å². The number of alkyl halides is 6. The molecule has 0 aliphatic rings. The molecule has 29 heavy (non-hydrogen) atoms. The first-order valence-corrected chi connectivity index (χ1v) is 7.71. The molecule has 3 rings (SSSR count). The van der Waals surface area contributed by atoms with Gasteiger partial charge in [-0.15, -0.1) is 5.10 Å². The predicted octanol–water partition coefficient (Wildman–Crippen LogP) is 3.67. The molecular weight excluding hydrogens is 410 g/mol. The van der Waals surface area contributed by atoms with Gasteiger partial charge < -0.3 is 10.1 Å². The highest BCUT2D eigenvalue weighted by Gasteiger charge is 2.37. The summed E-state index contributed by atoms with van der Waals surface area (Å²) in [6.07, 6.45) is -7.85. The number of halogens is 6. The van der Waals surface area contributed by atoms with Gasteiger partial charge in [-0.2, -0.15) is 26.3 Å². The minimum Gasteiger partial charge on any atom is -0.358 e. The van der Waals surface area contributed by atoms with Crippen molar-refractivity contribution in [1.82, 2.24) is 24.5 Å². The number of imidazole rings is 1. The molecule has 0 saturated heterocycles. The lowest BCUT2D eigenvalue weighted by Gasteiger charge is -2.13. The van der Waals surface area contributed by atoms with Crippen LogP contribution >= 0.6 is 0 Å². The lowest BCUT2D eigenvalue weighted by atomic mass is 10.0. The SMILES string of the molecule is Cn1c([N+](=O)[O-])cnc1Cn1cc(-c2cc(C(F)(F)F)cc(C(F)(F)F)c2)nn1. The maximum Gasteiger partial charge on any atom is 0.416 e. The Labute approximate surface area is 157 Å². The van der Waals surface area contributed by atoms with Gasteiger partial charge in [0.2, 0.25) is 5.82 Å². The number of hydrogen-bond donors (Lipinski definition) is 0. The molecule has 0 unspecified atom stereocenters. The van der Waals surface area contributed by atoms with Crippen LogP contribution < -0.4 is 0 Å². The van der Waals surface area contributed by atoms with E-state index < -0.39 is 34.0 Å². The summed E-state index contributed by atoms with van der Waals surface area (Å²) in [6.45, 7) is -0.136. The summed E-state index contributed by atoms with van der Waals surface area (Å²) in [5, 5.41) is 18.1. The number of hydrogen-bond acceptors (Lipinski definition) is 5. The first-order valence-electron chi connectivity index (χ1n) is 7.71. The van der Waals surface area contributed by atoms with E-state index in [0.717, 1.165) is 21.6 Å². The summed E-state index contributed by atoms with van der Waals surface area (Å²) in [5.41, 5.74) is -3.61. The Balaban J connectivity index is 1.97. The molecule has 2 heterocycles. The molecular formula is C15H10F6N6O2. The zero-order chi connectivity index (χ0) is 21.6. The Bertz CT molecular complexity index is 1040. The van der Waals surface area contributed by atoms with Crippen molar-refractivity contribution in [3.05, 3.63) is 57.7 Å². The van der Waals surface area contributed by atoms with Crippen LogP contribution in [-0.4, -0.2) is 29.5 Å². The van der Waals surface area contributed by atoms with Gasteiger partial charge in [-0.25, -0.2) is 14.2 Å². The molecule has 0 spiro atoms. The molecule has 2 aromatic heterocycles. The first-order chi connectivity index (χ1) is 13.4. The molecule has 1 aromatic carbocycles. The van der Waals surface area contributed by atoms with Crippen molar-refractivity contribution in [3.8, 4) is 11.3 Å². The van der Waals surface area contributed by atoms with Crippen molar-refractivity contribution in [1.29, 1.82) is 0 Å². The highest BCUT2D eigenvalue weighted by molar-refractivity contribution is 5.61. The van der Waals surface area contributed by atoms with Crippen LogP contribution in [0.15, 0.2) is 30.6 Å². The summed E-state index contributed by atoms with van der Waals surface area (Å²) in [4.78, 5) is 14.0. The van der Waals surface area contributed by atoms with E-state index >= 15 is 0 Å². The molecule has 0 aliphatic carbocycles. The number of nitrogens with zero attached hydrogens (tertiary/aromatic N) is 6. The summed E-state index contributed by atoms with van der Waals surface area (Å²) >= 11 is 0. The highest BCUT2D eigenvalue weighted by atomic mass is 19.4. The van der Waals surface area contributed by atoms with Gasteiger partial charge in [0.05, 0.1) is 24.4 Å². The summed E-state index contributed by atoms with van der Waals surface area (Å²) in [5.74, 6) is -0.110. The molecule has 0 amide bonds. The van der Waals surface area contributed by atoms with Crippen molar-refractivity contribution < 1.29 is 31.3 Å². The van der Waals surface area contributed by atoms with E-state index in [0.29, 0.717) is 12.1 Å². The van der Waals surface area contributed by atoms with Gasteiger partial charge in [0.25, 0.3) is 0 Å². The summed E-state index contributed by atoms with van der Waals surface area (Å²) in [7, 11) is 1.38. The van der Waals surface area contributed by atoms with E-state index in [-0.39, 0.29) is 29.9 Å². The Morgan fingerprint density at radius 2 is 1.66 bits per heavy atom. The fourth-order valence-corrected chi connectivity index (χ4v) is 2.51. The van der Waals surface area contributed by atoms with Gasteiger partial charge in [0.1, 0.15) is 18.4 Å². The van der Waals surface area contributed by atoms with Crippen molar-refractivity contribution in [2.24, 2.45) is 7.05 Å². The second-order valence-corrected chi connectivity index (χ2v) is 5.94. The average Bonchev–Trinajstić information content (AvgIpc) is 3.21. The smallest absolute Gasteiger partial charge is 0.358 e. The molecule has 0 saturated carbocycles. The van der Waals surface area contributed by atoms with E-state index in [1.807, 2.05) is 0 Å². The second kappa shape index (κ2) is 6.86. The molecule has 0 radical (unpaired) electrons. The Kier molecular flexibility index (Phi) is 4.80. The van der Waals surface area contributed by atoms with Crippen LogP contribution in [0.2, 0.25) is 0 Å². The average molecular weight is 420 g/mol. The van der Waals surface area contributed by atoms with Gasteiger partial charge in [0.15, 0.2) is 0 Å². The number of nitro groups is 1. The second-order valence-electron chi connectivity index (χ2n) is 5.94. The van der Waals surface area contributed by atoms with Gasteiger partial charge in [-0.05, 0) is 23.1 Å². The quantitative estimate of drug-likeness (QED) is 0.365. The molecule has 0 atom stereocenters. The van der Waals surface area contributed by atoms with Crippen LogP contribution in [0.5, 0.6) is 0 Å². The minimum absolute atomic E-state index is 0.0148. The van der Waals surface area contributed by atoms with Crippen LogP contribution in [0.4, 0.5) is 32.2 Å². The van der Waals surface area contributed by atoms with Crippen molar-refractivity contribution in [3.63, 3.8) is 0 Å². The van der Waals surface area contributed by atoms with E-state index in [9.17, 15) is 36.5 Å². The lowest BCUT2D eigenvalue weighted by molar-refractivity contribution is -0.391. The van der Waals surface area contributed by atoms with E-state index in [2.05, 4.69) is 15.3 Å². The van der Waals surface area contributed by atoms with Crippen LogP contribution in [0.25, 0.3) is 11.3 Å². The third-order valence-electron chi connectivity index (χ3n) is 3.97. The van der Waals surface area contributed by atoms with Gasteiger partial charge in [-0.3, -0.25) is 0 Å². The van der Waals surface area contributed by atoms with Gasteiger partial charge in [0, 0.05) is 5.56 Å². The fraction of sp³-hybridized carbons (Fsp3) is 0.267. The molecule has 14 heteroatoms. The molecule has 154 valence electrons. The number of aromatic nitrogens is 5. The zero-order valence-electron chi connectivity index (χ0n) is 14.4. The van der Waals surface area contributed by atoms with Crippen molar-refractivity contribution in [2.75, 3.05) is 0 Å². The lowest BCUT2D eigenvalue weighted by Crippen LogP contribution is -2.11. The third kappa shape index (κ3) is 4.20. The fourth-order valence-electron chi connectivity index (χ4n) is 2.51. The van der Waals surface area contributed by atoms with Crippen LogP contribution in [-0.2, 0) is 25.9 Å². The largest absolute Gasteiger partial charge is 0.416 e. The molecule has 8 nitrogen and oxygen atoms in total. The van der Waals surface area contributed by atoms with Crippen LogP contribution in [0.3, 0.4) is 0 Å². The number of rotatable bonds is 4. The Hall–Kier alpha value is -3.45. The molecule has 0 N–H and O–H groups in total. The van der Waals surface area contributed by atoms with Crippen LogP contribution in [0, 0.1) is 10.1 Å². The van der Waals surface area contributed by atoms with Gasteiger partial charge in [-0.1, -0.05) is 5.21 Å². The normalized spacial score (nSPS) is 12.4. The summed E-state index contributed by atoms with van der Waals surface area (Å²) < 4.78 is 80.1. The maximum absolute atomic E-state index is 13.0. The highest BCUT2D eigenvalue weighted by Crippen LogP contribution is 2.38. The standard InChI is InChI=1S/C15H10F6N6O2/c1-25-12(22-5-13(25)27(28)29)7-26-6-11(23-24-26)8-2-9(14(16,17)18)4-10(3-8)15(19,20)21/h2-6H,7H2,1H3. The maximum atomic E-state index is 13.0. The summed E-state index contributed by atoms with van der Waals surface area (Å²) in [6, 6.07) is 1.09.